The van der Waals surface area contributed by atoms with Crippen molar-refractivity contribution in [1.29, 1.82) is 0 Å². The van der Waals surface area contributed by atoms with Crippen molar-refractivity contribution in [2.45, 2.75) is 25.2 Å². The minimum absolute atomic E-state index is 0. The van der Waals surface area contributed by atoms with Crippen molar-refractivity contribution >= 4 is 79.8 Å². The normalized spacial score (nSPS) is 16.1. The van der Waals surface area contributed by atoms with Crippen LogP contribution in [0.3, 0.4) is 0 Å². The number of primary amides is 1. The number of benzene rings is 4. The predicted octanol–water partition coefficient (Wildman–Crippen LogP) is 7.03. The number of hydrogen-bond acceptors (Lipinski definition) is 5. The highest BCUT2D eigenvalue weighted by Crippen LogP contribution is 2.42. The van der Waals surface area contributed by atoms with Gasteiger partial charge in [0.2, 0.25) is 11.8 Å². The van der Waals surface area contributed by atoms with Gasteiger partial charge in [0.15, 0.2) is 6.61 Å². The van der Waals surface area contributed by atoms with Gasteiger partial charge in [-0.25, -0.2) is 4.39 Å². The van der Waals surface area contributed by atoms with Gasteiger partial charge >= 0.3 is 6.18 Å². The fraction of sp³-hybridized carbons (Fsp3) is 0.242. The molecule has 0 aliphatic carbocycles. The summed E-state index contributed by atoms with van der Waals surface area (Å²) in [4.78, 5) is 44.2. The third-order valence-corrected chi connectivity index (χ3v) is 9.00. The van der Waals surface area contributed by atoms with Crippen LogP contribution >= 0.6 is 39.9 Å². The van der Waals surface area contributed by atoms with Gasteiger partial charge in [0, 0.05) is 27.2 Å². The molecule has 2 atom stereocenters. The predicted molar refractivity (Wildman–Crippen MR) is 181 cm³/mol. The Balaban J connectivity index is 0.00000520. The second-order valence-electron chi connectivity index (χ2n) is 11.2. The van der Waals surface area contributed by atoms with Crippen LogP contribution in [-0.2, 0) is 16.1 Å². The molecule has 0 radical (unpaired) electrons. The number of rotatable bonds is 8. The first-order valence-electron chi connectivity index (χ1n) is 14.2. The number of amides is 3. The third kappa shape index (κ3) is 7.39. The summed E-state index contributed by atoms with van der Waals surface area (Å²) in [5.74, 6) is -4.17. The van der Waals surface area contributed by atoms with Gasteiger partial charge in [-0.3, -0.25) is 14.4 Å². The topological polar surface area (TPSA) is 105 Å². The van der Waals surface area contributed by atoms with Gasteiger partial charge in [0.1, 0.15) is 17.1 Å². The summed E-state index contributed by atoms with van der Waals surface area (Å²) in [6.45, 7) is -0.844. The van der Waals surface area contributed by atoms with Crippen LogP contribution in [0.4, 0.5) is 28.9 Å². The number of likely N-dealkylation sites (N-methyl/N-ethyl adjacent to an activating group) is 1. The van der Waals surface area contributed by atoms with E-state index in [0.29, 0.717) is 15.2 Å². The van der Waals surface area contributed by atoms with E-state index in [9.17, 15) is 31.9 Å². The third-order valence-electron chi connectivity index (χ3n) is 8.27. The monoisotopic (exact) mass is 770 g/mol. The van der Waals surface area contributed by atoms with E-state index in [1.54, 1.807) is 24.3 Å². The lowest BCUT2D eigenvalue weighted by Gasteiger charge is -2.36. The molecular weight excluding hydrogens is 743 g/mol. The zero-order chi connectivity index (χ0) is 34.3. The van der Waals surface area contributed by atoms with Gasteiger partial charge in [-0.15, -0.1) is 12.4 Å². The molecule has 0 bridgehead atoms. The Hall–Kier alpha value is -3.91. The number of halogens is 7. The fourth-order valence-corrected chi connectivity index (χ4v) is 6.12. The highest BCUT2D eigenvalue weighted by Gasteiger charge is 2.49. The first-order valence-corrected chi connectivity index (χ1v) is 15.4. The molecule has 1 aliphatic heterocycles. The summed E-state index contributed by atoms with van der Waals surface area (Å²) >= 11 is 9.82. The number of anilines is 2. The van der Waals surface area contributed by atoms with Crippen LogP contribution in [0.1, 0.15) is 22.8 Å². The molecule has 5 rings (SSSR count). The van der Waals surface area contributed by atoms with Gasteiger partial charge in [0.05, 0.1) is 23.8 Å². The zero-order valence-electron chi connectivity index (χ0n) is 25.4. The number of nitrogens with zero attached hydrogens (tertiary/aromatic N) is 2. The maximum atomic E-state index is 14.7. The lowest BCUT2D eigenvalue weighted by atomic mass is 9.83. The first-order chi connectivity index (χ1) is 22.1. The van der Waals surface area contributed by atoms with E-state index in [2.05, 4.69) is 21.2 Å². The summed E-state index contributed by atoms with van der Waals surface area (Å²) < 4.78 is 59.7. The van der Waals surface area contributed by atoms with E-state index in [4.69, 9.17) is 22.1 Å². The number of nitrogens with one attached hydrogen (secondary N) is 1. The number of carbonyl (C=O) groups excluding carboxylic acids is 3. The number of fused-ring (bicyclic) bond motifs is 2. The zero-order valence-corrected chi connectivity index (χ0v) is 28.6. The van der Waals surface area contributed by atoms with Crippen LogP contribution < -0.4 is 25.6 Å². The lowest BCUT2D eigenvalue weighted by Crippen LogP contribution is -2.63. The summed E-state index contributed by atoms with van der Waals surface area (Å²) in [7, 11) is 1.44. The standard InChI is InChI=1S/C33H28BrClF4N4O4.ClH/c1-32(41-2,31(40)46)25-16-43(29(44)18-3-8-22(36)9-4-18)27-14-21(35)7-11-26(27)42(30(25)45)15-24-23-10-6-20(34)13-19(23)5-12-28(24)47-17-33(37,38)39;/h3-14,25,41H,15-17H2,1-2H3,(H2,40,46);1H/t25-,32?;/m1./s1. The van der Waals surface area contributed by atoms with Crippen molar-refractivity contribution in [1.82, 2.24) is 5.32 Å². The number of hydrogen-bond donors (Lipinski definition) is 2. The number of ether oxygens (including phenoxy) is 1. The molecule has 15 heteroatoms. The van der Waals surface area contributed by atoms with Crippen molar-refractivity contribution in [3.63, 3.8) is 0 Å². The summed E-state index contributed by atoms with van der Waals surface area (Å²) in [6.07, 6.45) is -4.64. The molecule has 4 aromatic rings. The molecule has 0 aromatic heterocycles. The number of alkyl halides is 3. The van der Waals surface area contributed by atoms with E-state index in [0.717, 1.165) is 12.1 Å². The molecule has 1 aliphatic rings. The minimum Gasteiger partial charge on any atom is -0.484 e. The highest BCUT2D eigenvalue weighted by molar-refractivity contribution is 9.10. The lowest BCUT2D eigenvalue weighted by molar-refractivity contribution is -0.153. The Labute approximate surface area is 292 Å². The quantitative estimate of drug-likeness (QED) is 0.187. The Morgan fingerprint density at radius 1 is 1.04 bits per heavy atom. The molecule has 0 saturated heterocycles. The Morgan fingerprint density at radius 3 is 2.35 bits per heavy atom. The van der Waals surface area contributed by atoms with Crippen molar-refractivity contribution in [3.8, 4) is 5.75 Å². The highest BCUT2D eigenvalue weighted by atomic mass is 79.9. The number of nitrogens with two attached hydrogens (primary N) is 1. The molecule has 254 valence electrons. The van der Waals surface area contributed by atoms with Crippen molar-refractivity contribution in [2.75, 3.05) is 30.0 Å². The first kappa shape index (κ1) is 36.9. The largest absolute Gasteiger partial charge is 0.484 e. The van der Waals surface area contributed by atoms with Gasteiger partial charge < -0.3 is 25.6 Å². The Bertz CT molecular complexity index is 1880. The Kier molecular flexibility index (Phi) is 11.0. The molecule has 1 unspecified atom stereocenters. The van der Waals surface area contributed by atoms with E-state index in [-0.39, 0.29) is 58.8 Å². The molecule has 3 N–H and O–H groups in total. The summed E-state index contributed by atoms with van der Waals surface area (Å²) in [5, 5.41) is 4.19. The summed E-state index contributed by atoms with van der Waals surface area (Å²) in [6, 6.07) is 17.4. The average Bonchev–Trinajstić information content (AvgIpc) is 3.13. The fourth-order valence-electron chi connectivity index (χ4n) is 5.57. The van der Waals surface area contributed by atoms with E-state index >= 15 is 0 Å². The molecule has 0 saturated carbocycles. The maximum Gasteiger partial charge on any atom is 0.422 e. The van der Waals surface area contributed by atoms with Crippen LogP contribution in [0.15, 0.2) is 77.3 Å². The van der Waals surface area contributed by atoms with Crippen LogP contribution in [0.5, 0.6) is 5.75 Å². The Morgan fingerprint density at radius 2 is 1.73 bits per heavy atom. The molecule has 4 aromatic carbocycles. The second-order valence-corrected chi connectivity index (χ2v) is 12.5. The average molecular weight is 772 g/mol. The van der Waals surface area contributed by atoms with Gasteiger partial charge in [0.25, 0.3) is 5.91 Å². The molecule has 48 heavy (non-hydrogen) atoms. The summed E-state index contributed by atoms with van der Waals surface area (Å²) in [5.41, 5.74) is 4.80. The minimum atomic E-state index is -4.64. The van der Waals surface area contributed by atoms with Crippen molar-refractivity contribution in [3.05, 3.63) is 99.2 Å². The molecule has 0 fully saturated rings. The van der Waals surface area contributed by atoms with Crippen LogP contribution in [-0.4, -0.2) is 49.6 Å². The van der Waals surface area contributed by atoms with Crippen molar-refractivity contribution in [2.24, 2.45) is 11.7 Å². The van der Waals surface area contributed by atoms with Crippen LogP contribution in [0, 0.1) is 11.7 Å². The smallest absolute Gasteiger partial charge is 0.422 e. The van der Waals surface area contributed by atoms with E-state index in [1.807, 2.05) is 0 Å². The van der Waals surface area contributed by atoms with Gasteiger partial charge in [-0.1, -0.05) is 39.7 Å². The van der Waals surface area contributed by atoms with Crippen LogP contribution in [0.2, 0.25) is 5.02 Å². The van der Waals surface area contributed by atoms with Crippen LogP contribution in [0.25, 0.3) is 10.8 Å². The maximum absolute atomic E-state index is 14.7. The molecule has 3 amide bonds. The van der Waals surface area contributed by atoms with Crippen molar-refractivity contribution < 1.29 is 36.7 Å². The van der Waals surface area contributed by atoms with Gasteiger partial charge in [-0.05, 0) is 85.4 Å². The van der Waals surface area contributed by atoms with E-state index in [1.165, 1.54) is 60.2 Å². The molecule has 0 spiro atoms. The SMILES string of the molecule is CNC(C)(C(N)=O)[C@@H]1CN(C(=O)c2ccc(F)cc2)c2cc(Cl)ccc2N(Cc2c(OCC(F)(F)F)ccc3cc(Br)ccc23)C1=O.Cl. The van der Waals surface area contributed by atoms with Gasteiger partial charge in [-0.2, -0.15) is 13.2 Å². The molecular formula is C33H29BrCl2F4N4O4. The number of carbonyl (C=O) groups is 3. The molecule has 8 nitrogen and oxygen atoms in total. The van der Waals surface area contributed by atoms with E-state index < -0.39 is 47.8 Å². The molecule has 1 heterocycles. The second kappa shape index (κ2) is 14.3.